The van der Waals surface area contributed by atoms with E-state index in [0.717, 1.165) is 0 Å². The maximum atomic E-state index is 13.5. The lowest BCUT2D eigenvalue weighted by Crippen LogP contribution is -2.42. The number of fused-ring (bicyclic) bond motifs is 1. The van der Waals surface area contributed by atoms with Crippen LogP contribution in [0.1, 0.15) is 18.9 Å². The van der Waals surface area contributed by atoms with E-state index in [2.05, 4.69) is 10.3 Å². The van der Waals surface area contributed by atoms with E-state index in [-0.39, 0.29) is 23.0 Å². The molecule has 2 heterocycles. The van der Waals surface area contributed by atoms with Crippen molar-refractivity contribution in [3.63, 3.8) is 0 Å². The second-order valence-electron chi connectivity index (χ2n) is 6.97. The lowest BCUT2D eigenvalue weighted by Gasteiger charge is -2.32. The Morgan fingerprint density at radius 2 is 1.97 bits per heavy atom. The van der Waals surface area contributed by atoms with Gasteiger partial charge in [-0.1, -0.05) is 12.1 Å². The van der Waals surface area contributed by atoms with Crippen molar-refractivity contribution in [2.24, 2.45) is 0 Å². The fourth-order valence-electron chi connectivity index (χ4n) is 3.66. The zero-order valence-electron chi connectivity index (χ0n) is 16.0. The van der Waals surface area contributed by atoms with Crippen molar-refractivity contribution in [1.82, 2.24) is 14.5 Å². The average molecular weight is 396 g/mol. The van der Waals surface area contributed by atoms with E-state index in [1.807, 2.05) is 12.1 Å². The number of hydrogen-bond donors (Lipinski definition) is 1. The summed E-state index contributed by atoms with van der Waals surface area (Å²) >= 11 is 0. The van der Waals surface area contributed by atoms with Gasteiger partial charge < -0.3 is 15.0 Å². The first-order valence-electron chi connectivity index (χ1n) is 9.42. The van der Waals surface area contributed by atoms with Crippen LogP contribution in [-0.2, 0) is 0 Å². The second kappa shape index (κ2) is 7.90. The lowest BCUT2D eigenvalue weighted by molar-refractivity contribution is 0.182. The Labute approximate surface area is 166 Å². The van der Waals surface area contributed by atoms with Crippen molar-refractivity contribution in [3.8, 4) is 5.75 Å². The molecule has 2 aromatic carbocycles. The van der Waals surface area contributed by atoms with Crippen LogP contribution in [0.5, 0.6) is 5.75 Å². The zero-order valence-corrected chi connectivity index (χ0v) is 16.0. The molecule has 29 heavy (non-hydrogen) atoms. The predicted octanol–water partition coefficient (Wildman–Crippen LogP) is 3.41. The van der Waals surface area contributed by atoms with Gasteiger partial charge in [0.2, 0.25) is 0 Å². The molecule has 0 spiro atoms. The van der Waals surface area contributed by atoms with Crippen LogP contribution in [-0.4, -0.2) is 40.7 Å². The largest absolute Gasteiger partial charge is 0.495 e. The predicted molar refractivity (Wildman–Crippen MR) is 108 cm³/mol. The zero-order chi connectivity index (χ0) is 20.4. The number of methoxy groups -OCH3 is 1. The highest BCUT2D eigenvalue weighted by atomic mass is 19.1. The summed E-state index contributed by atoms with van der Waals surface area (Å²) in [6, 6.07) is 10.9. The molecule has 3 aromatic rings. The summed E-state index contributed by atoms with van der Waals surface area (Å²) in [5.74, 6) is 0.133. The Balaban J connectivity index is 1.45. The molecule has 0 saturated carbocycles. The lowest BCUT2D eigenvalue weighted by atomic mass is 10.0. The smallest absolute Gasteiger partial charge is 0.321 e. The topological polar surface area (TPSA) is 76.5 Å². The highest BCUT2D eigenvalue weighted by Gasteiger charge is 2.25. The van der Waals surface area contributed by atoms with Gasteiger partial charge in [0.1, 0.15) is 11.6 Å². The number of anilines is 1. The molecular weight excluding hydrogens is 375 g/mol. The normalized spacial score (nSPS) is 14.8. The molecule has 0 radical (unpaired) electrons. The van der Waals surface area contributed by atoms with Crippen molar-refractivity contribution in [1.29, 1.82) is 0 Å². The van der Waals surface area contributed by atoms with Crippen molar-refractivity contribution in [2.45, 2.75) is 18.9 Å². The van der Waals surface area contributed by atoms with Crippen LogP contribution < -0.4 is 15.6 Å². The van der Waals surface area contributed by atoms with Gasteiger partial charge in [0, 0.05) is 19.1 Å². The fourth-order valence-corrected chi connectivity index (χ4v) is 3.66. The van der Waals surface area contributed by atoms with Crippen LogP contribution in [0.3, 0.4) is 0 Å². The number of rotatable bonds is 3. The Morgan fingerprint density at radius 1 is 1.21 bits per heavy atom. The maximum absolute atomic E-state index is 13.5. The van der Waals surface area contributed by atoms with Gasteiger partial charge in [-0.05, 0) is 43.2 Å². The third kappa shape index (κ3) is 3.78. The summed E-state index contributed by atoms with van der Waals surface area (Å²) in [5, 5.41) is 3.13. The number of nitrogens with zero attached hydrogens (tertiary/aromatic N) is 3. The number of nitrogens with one attached hydrogen (secondary N) is 1. The van der Waals surface area contributed by atoms with Gasteiger partial charge in [-0.25, -0.2) is 14.2 Å². The first kappa shape index (κ1) is 18.9. The van der Waals surface area contributed by atoms with E-state index in [1.165, 1.54) is 24.5 Å². The molecule has 8 heteroatoms. The molecule has 1 saturated heterocycles. The number of hydrogen-bond acceptors (Lipinski definition) is 4. The molecule has 150 valence electrons. The summed E-state index contributed by atoms with van der Waals surface area (Å²) in [7, 11) is 1.55. The number of piperidine rings is 1. The quantitative estimate of drug-likeness (QED) is 0.736. The molecule has 1 aliphatic rings. The Bertz CT molecular complexity index is 1110. The standard InChI is InChI=1S/C21H21FN4O3/c1-29-19-5-3-2-4-18(19)24-21(28)25-10-8-15(9-11-25)26-13-23-17-7-6-14(22)12-16(17)20(26)27/h2-7,12-13,15H,8-11H2,1H3,(H,24,28). The minimum absolute atomic E-state index is 0.0852. The van der Waals surface area contributed by atoms with E-state index in [4.69, 9.17) is 4.74 Å². The molecule has 2 amide bonds. The van der Waals surface area contributed by atoms with Gasteiger partial charge in [0.15, 0.2) is 0 Å². The van der Waals surface area contributed by atoms with Crippen molar-refractivity contribution < 1.29 is 13.9 Å². The molecule has 1 aliphatic heterocycles. The van der Waals surface area contributed by atoms with Crippen LogP contribution in [0, 0.1) is 5.82 Å². The molecule has 1 aromatic heterocycles. The van der Waals surface area contributed by atoms with Crippen molar-refractivity contribution in [2.75, 3.05) is 25.5 Å². The number of halogens is 1. The molecule has 0 bridgehead atoms. The summed E-state index contributed by atoms with van der Waals surface area (Å²) in [6.45, 7) is 0.999. The number of aromatic nitrogens is 2. The minimum Gasteiger partial charge on any atom is -0.495 e. The van der Waals surface area contributed by atoms with E-state index >= 15 is 0 Å². The van der Waals surface area contributed by atoms with E-state index in [1.54, 1.807) is 28.7 Å². The fraction of sp³-hybridized carbons (Fsp3) is 0.286. The number of amides is 2. The number of ether oxygens (including phenoxy) is 1. The second-order valence-corrected chi connectivity index (χ2v) is 6.97. The molecule has 0 unspecified atom stereocenters. The summed E-state index contributed by atoms with van der Waals surface area (Å²) < 4.78 is 20.3. The number of urea groups is 1. The molecular formula is C21H21FN4O3. The number of likely N-dealkylation sites (tertiary alicyclic amines) is 1. The SMILES string of the molecule is COc1ccccc1NC(=O)N1CCC(n2cnc3ccc(F)cc3c2=O)CC1. The maximum Gasteiger partial charge on any atom is 0.321 e. The first-order valence-corrected chi connectivity index (χ1v) is 9.42. The van der Waals surface area contributed by atoms with Crippen LogP contribution in [0.4, 0.5) is 14.9 Å². The van der Waals surface area contributed by atoms with Gasteiger partial charge in [0.05, 0.1) is 30.0 Å². The van der Waals surface area contributed by atoms with Crippen LogP contribution in [0.25, 0.3) is 10.9 Å². The van der Waals surface area contributed by atoms with Gasteiger partial charge in [-0.3, -0.25) is 9.36 Å². The third-order valence-electron chi connectivity index (χ3n) is 5.24. The minimum atomic E-state index is -0.461. The van der Waals surface area contributed by atoms with E-state index in [9.17, 15) is 14.0 Å². The average Bonchev–Trinajstić information content (AvgIpc) is 2.75. The number of benzene rings is 2. The van der Waals surface area contributed by atoms with Gasteiger partial charge >= 0.3 is 6.03 Å². The third-order valence-corrected chi connectivity index (χ3v) is 5.24. The number of carbonyl (C=O) groups excluding carboxylic acids is 1. The summed E-state index contributed by atoms with van der Waals surface area (Å²) in [4.78, 5) is 31.3. The summed E-state index contributed by atoms with van der Waals surface area (Å²) in [5.41, 5.74) is 0.826. The highest BCUT2D eigenvalue weighted by molar-refractivity contribution is 5.91. The van der Waals surface area contributed by atoms with Crippen LogP contribution >= 0.6 is 0 Å². The Kier molecular flexibility index (Phi) is 5.16. The van der Waals surface area contributed by atoms with Crippen LogP contribution in [0.2, 0.25) is 0 Å². The monoisotopic (exact) mass is 396 g/mol. The molecule has 0 aliphatic carbocycles. The van der Waals surface area contributed by atoms with Gasteiger partial charge in [-0.2, -0.15) is 0 Å². The summed E-state index contributed by atoms with van der Waals surface area (Å²) in [6.07, 6.45) is 2.74. The van der Waals surface area contributed by atoms with Crippen LogP contribution in [0.15, 0.2) is 53.6 Å². The van der Waals surface area contributed by atoms with Crippen molar-refractivity contribution >= 4 is 22.6 Å². The first-order chi connectivity index (χ1) is 14.1. The van der Waals surface area contributed by atoms with Crippen molar-refractivity contribution in [3.05, 3.63) is 65.0 Å². The van der Waals surface area contributed by atoms with E-state index in [0.29, 0.717) is 42.9 Å². The molecule has 1 fully saturated rings. The molecule has 7 nitrogen and oxygen atoms in total. The highest BCUT2D eigenvalue weighted by Crippen LogP contribution is 2.25. The Morgan fingerprint density at radius 3 is 2.72 bits per heavy atom. The molecule has 1 N–H and O–H groups in total. The number of para-hydroxylation sites is 2. The molecule has 0 atom stereocenters. The Hall–Kier alpha value is -3.42. The van der Waals surface area contributed by atoms with Gasteiger partial charge in [0.25, 0.3) is 5.56 Å². The number of carbonyl (C=O) groups is 1. The van der Waals surface area contributed by atoms with Gasteiger partial charge in [-0.15, -0.1) is 0 Å². The van der Waals surface area contributed by atoms with E-state index < -0.39 is 5.82 Å². The molecule has 4 rings (SSSR count).